The average Bonchev–Trinajstić information content (AvgIpc) is 1.47. The van der Waals surface area contributed by atoms with Crippen molar-refractivity contribution in [2.75, 3.05) is 5.75 Å². The Morgan fingerprint density at radius 3 is 1.50 bits per heavy atom. The van der Waals surface area contributed by atoms with Crippen LogP contribution < -0.4 is 18.9 Å². The fraction of sp³-hybridized carbons (Fsp3) is 0.889. The molecule has 0 radical (unpaired) electrons. The van der Waals surface area contributed by atoms with Crippen LogP contribution in [0.5, 0.6) is 0 Å². The summed E-state index contributed by atoms with van der Waals surface area (Å²) in [7, 11) is -3.84. The van der Waals surface area contributed by atoms with Crippen LogP contribution in [0.25, 0.3) is 0 Å². The van der Waals surface area contributed by atoms with E-state index in [1.807, 2.05) is 0 Å². The van der Waals surface area contributed by atoms with Gasteiger partial charge in [-0.15, -0.1) is 5.41 Å². The molecule has 0 rings (SSSR count). The van der Waals surface area contributed by atoms with Gasteiger partial charge in [0.15, 0.2) is 0 Å². The van der Waals surface area contributed by atoms with Crippen LogP contribution >= 0.6 is 0 Å². The van der Waals surface area contributed by atoms with E-state index in [1.54, 1.807) is 13.8 Å². The van der Waals surface area contributed by atoms with Gasteiger partial charge in [-0.05, 0) is 5.92 Å². The minimum absolute atomic E-state index is 0. The van der Waals surface area contributed by atoms with Crippen LogP contribution in [0.2, 0.25) is 0 Å². The second kappa shape index (κ2) is 7.75. The molecule has 0 unspecified atom stereocenters. The molecule has 3 nitrogen and oxygen atoms in total. The van der Waals surface area contributed by atoms with Crippen LogP contribution in [0.3, 0.4) is 0 Å². The first kappa shape index (κ1) is 20.0. The molecule has 0 saturated heterocycles. The van der Waals surface area contributed by atoms with Crippen molar-refractivity contribution in [3.05, 3.63) is 6.92 Å². The molecular weight excluding hydrogens is 195 g/mol. The van der Waals surface area contributed by atoms with Crippen LogP contribution in [0.1, 0.15) is 34.6 Å². The van der Waals surface area contributed by atoms with Gasteiger partial charge in [-0.1, -0.05) is 34.6 Å². The summed E-state index contributed by atoms with van der Waals surface area (Å²) in [4.78, 5) is 0. The molecule has 0 aromatic rings. The van der Waals surface area contributed by atoms with Gasteiger partial charge in [0.1, 0.15) is 0 Å². The van der Waals surface area contributed by atoms with Crippen molar-refractivity contribution in [2.45, 2.75) is 34.6 Å². The first-order valence-electron chi connectivity index (χ1n) is 4.24. The third-order valence-corrected chi connectivity index (χ3v) is 1.72. The van der Waals surface area contributed by atoms with Crippen LogP contribution in [0, 0.1) is 18.3 Å². The topological polar surface area (TPSA) is 54.4 Å². The summed E-state index contributed by atoms with van der Waals surface area (Å²) in [6.45, 7) is 13.3. The fourth-order valence-electron chi connectivity index (χ4n) is 0.494. The average molecular weight is 216 g/mol. The van der Waals surface area contributed by atoms with Crippen molar-refractivity contribution < 1.29 is 31.8 Å². The Morgan fingerprint density at radius 2 is 1.50 bits per heavy atom. The summed E-state index contributed by atoms with van der Waals surface area (Å²) >= 11 is 0. The fourth-order valence-corrected chi connectivity index (χ4v) is 1.48. The van der Waals surface area contributed by atoms with E-state index < -0.39 is 15.5 Å². The van der Waals surface area contributed by atoms with E-state index in [0.29, 0.717) is 0 Å². The van der Waals surface area contributed by atoms with Gasteiger partial charge in [-0.25, -0.2) is 0 Å². The standard InChI is InChI=1S/C5H11O3S.C4H10.Li/c1-5(2,3)4-9(6,7)8;1-4(2)3;/h1,4H2,2-3H3,(H,6,7,8);4H,1-3H3;/q-1;;+1. The van der Waals surface area contributed by atoms with E-state index >= 15 is 0 Å². The molecule has 0 heterocycles. The van der Waals surface area contributed by atoms with E-state index in [1.165, 1.54) is 0 Å². The van der Waals surface area contributed by atoms with Crippen molar-refractivity contribution in [1.82, 2.24) is 0 Å². The molecule has 0 aliphatic heterocycles. The van der Waals surface area contributed by atoms with Gasteiger partial charge in [0, 0.05) is 0 Å². The smallest absolute Gasteiger partial charge is 0.337 e. The normalized spacial score (nSPS) is 11.4. The summed E-state index contributed by atoms with van der Waals surface area (Å²) < 4.78 is 28.6. The largest absolute Gasteiger partial charge is 1.00 e. The third-order valence-electron chi connectivity index (χ3n) is 0.573. The molecule has 82 valence electrons. The summed E-state index contributed by atoms with van der Waals surface area (Å²) in [5, 5.41) is 0. The molecule has 5 heteroatoms. The zero-order chi connectivity index (χ0) is 11.3. The van der Waals surface area contributed by atoms with Gasteiger partial charge >= 0.3 is 18.9 Å². The van der Waals surface area contributed by atoms with Gasteiger partial charge in [-0.2, -0.15) is 8.42 Å². The molecule has 0 aromatic carbocycles. The zero-order valence-corrected chi connectivity index (χ0v) is 11.0. The minimum Gasteiger partial charge on any atom is -0.337 e. The van der Waals surface area contributed by atoms with E-state index in [0.717, 1.165) is 5.92 Å². The summed E-state index contributed by atoms with van der Waals surface area (Å²) in [5.41, 5.74) is -0.604. The quantitative estimate of drug-likeness (QED) is 0.381. The zero-order valence-electron chi connectivity index (χ0n) is 10.2. The first-order valence-corrected chi connectivity index (χ1v) is 5.85. The van der Waals surface area contributed by atoms with Gasteiger partial charge in [0.25, 0.3) is 10.1 Å². The summed E-state index contributed by atoms with van der Waals surface area (Å²) in [6.07, 6.45) is 0. The summed E-state index contributed by atoms with van der Waals surface area (Å²) in [5.74, 6) is 0.542. The Labute approximate surface area is 101 Å². The monoisotopic (exact) mass is 216 g/mol. The maximum Gasteiger partial charge on any atom is 1.00 e. The molecule has 14 heavy (non-hydrogen) atoms. The maximum absolute atomic E-state index is 10.2. The molecule has 0 amide bonds. The van der Waals surface area contributed by atoms with E-state index in [9.17, 15) is 8.42 Å². The van der Waals surface area contributed by atoms with Crippen LogP contribution in [0.15, 0.2) is 0 Å². The molecule has 0 aliphatic rings. The minimum atomic E-state index is -3.84. The molecule has 0 spiro atoms. The predicted octanol–water partition coefficient (Wildman–Crippen LogP) is -0.599. The SMILES string of the molecule is CC(C)C.[CH2-]C(C)(C)CS(=O)(=O)O.[Li+]. The Morgan fingerprint density at radius 1 is 1.29 bits per heavy atom. The van der Waals surface area contributed by atoms with Gasteiger partial charge in [0.05, 0.1) is 5.75 Å². The molecule has 0 saturated carbocycles. The van der Waals surface area contributed by atoms with Crippen LogP contribution in [-0.2, 0) is 10.1 Å². The Kier molecular flexibility index (Phi) is 11.1. The maximum atomic E-state index is 10.2. The third kappa shape index (κ3) is 39.1. The predicted molar refractivity (Wildman–Crippen MR) is 56.1 cm³/mol. The second-order valence-electron chi connectivity index (χ2n) is 4.62. The molecular formula is C9H21LiO3S. The molecule has 0 bridgehead atoms. The first-order chi connectivity index (χ1) is 5.44. The Balaban J connectivity index is -0.000000209. The molecule has 1 N–H and O–H groups in total. The Bertz CT molecular complexity index is 212. The van der Waals surface area contributed by atoms with Gasteiger partial charge in [0.2, 0.25) is 0 Å². The van der Waals surface area contributed by atoms with E-state index in [2.05, 4.69) is 27.7 Å². The van der Waals surface area contributed by atoms with Crippen LogP contribution in [-0.4, -0.2) is 18.7 Å². The van der Waals surface area contributed by atoms with Crippen molar-refractivity contribution in [3.8, 4) is 0 Å². The Hall–Kier alpha value is 0.507. The van der Waals surface area contributed by atoms with Crippen molar-refractivity contribution in [2.24, 2.45) is 11.3 Å². The number of hydrogen-bond acceptors (Lipinski definition) is 2. The van der Waals surface area contributed by atoms with Gasteiger partial charge < -0.3 is 6.92 Å². The molecule has 0 aromatic heterocycles. The molecule has 0 atom stereocenters. The van der Waals surface area contributed by atoms with E-state index in [-0.39, 0.29) is 24.6 Å². The number of rotatable bonds is 2. The van der Waals surface area contributed by atoms with Crippen molar-refractivity contribution in [1.29, 1.82) is 0 Å². The van der Waals surface area contributed by atoms with E-state index in [4.69, 9.17) is 4.55 Å². The number of hydrogen-bond donors (Lipinski definition) is 1. The van der Waals surface area contributed by atoms with Crippen molar-refractivity contribution in [3.63, 3.8) is 0 Å². The second-order valence-corrected chi connectivity index (χ2v) is 6.08. The molecule has 0 fully saturated rings. The van der Waals surface area contributed by atoms with Crippen LogP contribution in [0.4, 0.5) is 0 Å². The molecule has 0 aliphatic carbocycles. The summed E-state index contributed by atoms with van der Waals surface area (Å²) in [6, 6.07) is 0. The van der Waals surface area contributed by atoms with Crippen molar-refractivity contribution >= 4 is 10.1 Å². The van der Waals surface area contributed by atoms with Gasteiger partial charge in [-0.3, -0.25) is 4.55 Å².